The van der Waals surface area contributed by atoms with E-state index in [1.165, 1.54) is 10.6 Å². The molecule has 0 saturated heterocycles. The summed E-state index contributed by atoms with van der Waals surface area (Å²) in [4.78, 5) is 0. The molecule has 13 heavy (non-hydrogen) atoms. The van der Waals surface area contributed by atoms with E-state index in [4.69, 9.17) is 0 Å². The van der Waals surface area contributed by atoms with E-state index in [1.54, 1.807) is 15.3 Å². The quantitative estimate of drug-likeness (QED) is 0.777. The van der Waals surface area contributed by atoms with Gasteiger partial charge in [-0.25, -0.2) is 0 Å². The van der Waals surface area contributed by atoms with Crippen molar-refractivity contribution in [3.63, 3.8) is 0 Å². The van der Waals surface area contributed by atoms with Crippen LogP contribution in [0.5, 0.6) is 0 Å². The van der Waals surface area contributed by atoms with Crippen molar-refractivity contribution >= 4 is 21.4 Å². The van der Waals surface area contributed by atoms with E-state index >= 15 is 0 Å². The third-order valence-electron chi connectivity index (χ3n) is 2.77. The van der Waals surface area contributed by atoms with Gasteiger partial charge in [0.1, 0.15) is 0 Å². The van der Waals surface area contributed by atoms with Crippen LogP contribution in [0.15, 0.2) is 39.7 Å². The molecule has 0 atom stereocenters. The first kappa shape index (κ1) is 9.39. The first-order valence-corrected chi connectivity index (χ1v) is 11.6. The SMILES string of the molecule is CC1=[CH][In]([CH2]c2ccccc2)[CH2]C1. The second-order valence-electron chi connectivity index (χ2n) is 4.00. The van der Waals surface area contributed by atoms with E-state index in [1.807, 2.05) is 0 Å². The fourth-order valence-electron chi connectivity index (χ4n) is 2.06. The number of rotatable bonds is 2. The van der Waals surface area contributed by atoms with Gasteiger partial charge in [-0.05, 0) is 0 Å². The average Bonchev–Trinajstić information content (AvgIpc) is 2.53. The normalized spacial score (nSPS) is 16.1. The average molecular weight is 274 g/mol. The summed E-state index contributed by atoms with van der Waals surface area (Å²) in [5.74, 6) is 0. The molecule has 0 N–H and O–H groups in total. The van der Waals surface area contributed by atoms with Crippen molar-refractivity contribution in [1.82, 2.24) is 0 Å². The van der Waals surface area contributed by atoms with Crippen LogP contribution in [0.4, 0.5) is 0 Å². The van der Waals surface area contributed by atoms with Crippen molar-refractivity contribution in [3.05, 3.63) is 45.3 Å². The van der Waals surface area contributed by atoms with E-state index in [9.17, 15) is 0 Å². The Morgan fingerprint density at radius 1 is 1.23 bits per heavy atom. The van der Waals surface area contributed by atoms with Crippen LogP contribution in [-0.4, -0.2) is 21.4 Å². The molecule has 1 aromatic carbocycles. The summed E-state index contributed by atoms with van der Waals surface area (Å²) in [6.07, 6.45) is 1.40. The van der Waals surface area contributed by atoms with Gasteiger partial charge in [-0.1, -0.05) is 0 Å². The molecule has 66 valence electrons. The van der Waals surface area contributed by atoms with Gasteiger partial charge in [-0.2, -0.15) is 0 Å². The van der Waals surface area contributed by atoms with Crippen LogP contribution < -0.4 is 0 Å². The van der Waals surface area contributed by atoms with Crippen LogP contribution in [0.25, 0.3) is 0 Å². The van der Waals surface area contributed by atoms with Crippen molar-refractivity contribution in [2.75, 3.05) is 0 Å². The zero-order valence-corrected chi connectivity index (χ0v) is 11.5. The Hall–Kier alpha value is -0.170. The monoisotopic (exact) mass is 274 g/mol. The molecule has 2 rings (SSSR count). The maximum atomic E-state index is 2.65. The van der Waals surface area contributed by atoms with E-state index in [-0.39, 0.29) is 0 Å². The summed E-state index contributed by atoms with van der Waals surface area (Å²) in [6, 6.07) is 11.0. The minimum absolute atomic E-state index is 1.20. The second kappa shape index (κ2) is 4.36. The van der Waals surface area contributed by atoms with Gasteiger partial charge in [0.05, 0.1) is 0 Å². The Morgan fingerprint density at radius 2 is 2.00 bits per heavy atom. The molecule has 0 fully saturated rings. The molecule has 0 amide bonds. The van der Waals surface area contributed by atoms with E-state index in [0.29, 0.717) is 0 Å². The molecule has 1 aliphatic rings. The Morgan fingerprint density at radius 3 is 2.62 bits per heavy atom. The number of benzene rings is 1. The summed E-state index contributed by atoms with van der Waals surface area (Å²) in [7, 11) is 0. The zero-order chi connectivity index (χ0) is 9.10. The summed E-state index contributed by atoms with van der Waals surface area (Å²) in [5.41, 5.74) is 3.23. The molecule has 0 saturated carbocycles. The molecule has 0 aliphatic carbocycles. The molecular weight excluding hydrogens is 259 g/mol. The van der Waals surface area contributed by atoms with Crippen LogP contribution >= 0.6 is 0 Å². The topological polar surface area (TPSA) is 0 Å². The van der Waals surface area contributed by atoms with Crippen LogP contribution in [-0.2, 0) is 4.18 Å². The number of allylic oxidation sites excluding steroid dienone is 1. The summed E-state index contributed by atoms with van der Waals surface area (Å²) < 4.78 is 5.64. The minimum atomic E-state index is -1.20. The molecule has 0 bridgehead atoms. The second-order valence-corrected chi connectivity index (χ2v) is 12.1. The van der Waals surface area contributed by atoms with Gasteiger partial charge >= 0.3 is 88.4 Å². The summed E-state index contributed by atoms with van der Waals surface area (Å²) in [5, 5.41) is 0. The van der Waals surface area contributed by atoms with Gasteiger partial charge < -0.3 is 0 Å². The standard InChI is InChI=1S/C7H7.C5H8.In/c1-7-5-3-2-4-6-7;1-4-5(2)3;/h2-6H,1H2;2H,1,4H2,3H3;. The molecule has 0 aromatic heterocycles. The fourth-order valence-corrected chi connectivity index (χ4v) is 11.1. The fraction of sp³-hybridized carbons (Fsp3) is 0.333. The molecule has 1 aliphatic heterocycles. The van der Waals surface area contributed by atoms with Crippen molar-refractivity contribution in [1.29, 1.82) is 0 Å². The van der Waals surface area contributed by atoms with Gasteiger partial charge in [0.15, 0.2) is 0 Å². The van der Waals surface area contributed by atoms with Gasteiger partial charge in [-0.3, -0.25) is 0 Å². The van der Waals surface area contributed by atoms with Crippen molar-refractivity contribution < 1.29 is 0 Å². The van der Waals surface area contributed by atoms with Crippen molar-refractivity contribution in [2.45, 2.75) is 21.7 Å². The first-order chi connectivity index (χ1) is 6.34. The maximum absolute atomic E-state index is 2.65. The molecule has 0 radical (unpaired) electrons. The van der Waals surface area contributed by atoms with E-state index < -0.39 is 21.4 Å². The van der Waals surface area contributed by atoms with E-state index in [0.717, 1.165) is 0 Å². The van der Waals surface area contributed by atoms with Crippen molar-refractivity contribution in [3.8, 4) is 0 Å². The molecular formula is C12H15In. The number of hydrogen-bond donors (Lipinski definition) is 0. The van der Waals surface area contributed by atoms with Gasteiger partial charge in [0, 0.05) is 0 Å². The first-order valence-electron chi connectivity index (χ1n) is 5.06. The molecule has 0 unspecified atom stereocenters. The molecule has 0 nitrogen and oxygen atoms in total. The van der Waals surface area contributed by atoms with Crippen LogP contribution in [0.1, 0.15) is 18.9 Å². The Bertz CT molecular complexity index is 300. The predicted molar refractivity (Wildman–Crippen MR) is 59.1 cm³/mol. The molecule has 1 heteroatoms. The van der Waals surface area contributed by atoms with Gasteiger partial charge in [0.2, 0.25) is 0 Å². The molecule has 1 aromatic rings. The van der Waals surface area contributed by atoms with Crippen LogP contribution in [0.2, 0.25) is 4.18 Å². The third-order valence-corrected chi connectivity index (χ3v) is 11.5. The summed E-state index contributed by atoms with van der Waals surface area (Å²) >= 11 is -1.20. The van der Waals surface area contributed by atoms with Crippen LogP contribution in [0, 0.1) is 0 Å². The number of hydrogen-bond acceptors (Lipinski definition) is 0. The van der Waals surface area contributed by atoms with Crippen molar-refractivity contribution in [2.24, 2.45) is 0 Å². The Kier molecular flexibility index (Phi) is 3.15. The van der Waals surface area contributed by atoms with Gasteiger partial charge in [-0.15, -0.1) is 0 Å². The van der Waals surface area contributed by atoms with Crippen LogP contribution in [0.3, 0.4) is 0 Å². The summed E-state index contributed by atoms with van der Waals surface area (Å²) in [6.45, 7) is 2.29. The molecule has 0 spiro atoms. The third kappa shape index (κ3) is 2.63. The van der Waals surface area contributed by atoms with Gasteiger partial charge in [0.25, 0.3) is 0 Å². The zero-order valence-electron chi connectivity index (χ0n) is 8.16. The molecule has 1 heterocycles. The Labute approximate surface area is 88.2 Å². The van der Waals surface area contributed by atoms with E-state index in [2.05, 4.69) is 41.1 Å². The Balaban J connectivity index is 2.00. The predicted octanol–water partition coefficient (Wildman–Crippen LogP) is 3.15.